The van der Waals surface area contributed by atoms with Gasteiger partial charge in [0.05, 0.1) is 13.2 Å². The average Bonchev–Trinajstić information content (AvgIpc) is 2.83. The summed E-state index contributed by atoms with van der Waals surface area (Å²) in [6.07, 6.45) is 0. The summed E-state index contributed by atoms with van der Waals surface area (Å²) in [5.41, 5.74) is 6.21. The van der Waals surface area contributed by atoms with Gasteiger partial charge < -0.3 is 10.5 Å². The first-order valence-corrected chi connectivity index (χ1v) is 6.25. The monoisotopic (exact) mass is 269 g/mol. The van der Waals surface area contributed by atoms with Crippen LogP contribution in [0, 0.1) is 18.6 Å². The van der Waals surface area contributed by atoms with E-state index in [1.807, 2.05) is 0 Å². The second kappa shape index (κ2) is 5.04. The van der Waals surface area contributed by atoms with Crippen LogP contribution in [0.2, 0.25) is 0 Å². The highest BCUT2D eigenvalue weighted by molar-refractivity contribution is 7.10. The van der Waals surface area contributed by atoms with E-state index >= 15 is 0 Å². The normalized spacial score (nSPS) is 12.5. The molecular weight excluding hydrogens is 256 g/mol. The molecule has 0 spiro atoms. The fraction of sp³-hybridized carbons (Fsp3) is 0.231. The highest BCUT2D eigenvalue weighted by Gasteiger charge is 2.21. The van der Waals surface area contributed by atoms with Crippen LogP contribution in [-0.2, 0) is 0 Å². The Balaban J connectivity index is 2.45. The van der Waals surface area contributed by atoms with E-state index in [9.17, 15) is 8.78 Å². The molecule has 1 atom stereocenters. The highest BCUT2D eigenvalue weighted by Crippen LogP contribution is 2.32. The Labute approximate surface area is 108 Å². The Kier molecular flexibility index (Phi) is 3.63. The summed E-state index contributed by atoms with van der Waals surface area (Å²) < 4.78 is 32.7. The van der Waals surface area contributed by atoms with Gasteiger partial charge in [0, 0.05) is 15.8 Å². The minimum absolute atomic E-state index is 0.0977. The maximum absolute atomic E-state index is 13.9. The third-order valence-electron chi connectivity index (χ3n) is 2.77. The SMILES string of the molecule is COc1csc(C(N)c2c(F)ccc(C)c2F)c1. The number of thiophene rings is 1. The zero-order valence-electron chi connectivity index (χ0n) is 10.0. The topological polar surface area (TPSA) is 35.2 Å². The van der Waals surface area contributed by atoms with Crippen molar-refractivity contribution in [2.75, 3.05) is 7.11 Å². The largest absolute Gasteiger partial charge is 0.496 e. The van der Waals surface area contributed by atoms with Gasteiger partial charge >= 0.3 is 0 Å². The fourth-order valence-corrected chi connectivity index (χ4v) is 2.58. The van der Waals surface area contributed by atoms with Gasteiger partial charge in [0.15, 0.2) is 0 Å². The first kappa shape index (κ1) is 13.0. The van der Waals surface area contributed by atoms with Gasteiger partial charge in [-0.1, -0.05) is 6.07 Å². The second-order valence-corrected chi connectivity index (χ2v) is 4.90. The van der Waals surface area contributed by atoms with E-state index in [1.165, 1.54) is 30.6 Å². The number of hydrogen-bond donors (Lipinski definition) is 1. The second-order valence-electron chi connectivity index (χ2n) is 3.96. The summed E-state index contributed by atoms with van der Waals surface area (Å²) >= 11 is 1.32. The Morgan fingerprint density at radius 3 is 2.67 bits per heavy atom. The molecule has 2 aromatic rings. The summed E-state index contributed by atoms with van der Waals surface area (Å²) in [6.45, 7) is 1.58. The van der Waals surface area contributed by atoms with Crippen molar-refractivity contribution in [2.45, 2.75) is 13.0 Å². The van der Waals surface area contributed by atoms with E-state index in [1.54, 1.807) is 18.4 Å². The summed E-state index contributed by atoms with van der Waals surface area (Å²) in [7, 11) is 1.53. The van der Waals surface area contributed by atoms with Crippen molar-refractivity contribution in [3.63, 3.8) is 0 Å². The van der Waals surface area contributed by atoms with E-state index in [4.69, 9.17) is 10.5 Å². The van der Waals surface area contributed by atoms with E-state index < -0.39 is 17.7 Å². The van der Waals surface area contributed by atoms with Crippen LogP contribution in [0.3, 0.4) is 0 Å². The van der Waals surface area contributed by atoms with E-state index in [0.717, 1.165) is 0 Å². The molecule has 0 bridgehead atoms. The Bertz CT molecular complexity index is 568. The Hall–Kier alpha value is -1.46. The summed E-state index contributed by atoms with van der Waals surface area (Å²) in [5.74, 6) is -0.577. The molecule has 2 N–H and O–H groups in total. The van der Waals surface area contributed by atoms with Crippen molar-refractivity contribution in [2.24, 2.45) is 5.73 Å². The molecule has 1 aromatic carbocycles. The summed E-state index contributed by atoms with van der Waals surface area (Å²) in [6, 6.07) is 3.50. The van der Waals surface area contributed by atoms with Gasteiger partial charge in [-0.05, 0) is 24.6 Å². The smallest absolute Gasteiger partial charge is 0.134 e. The number of rotatable bonds is 3. The van der Waals surface area contributed by atoms with Crippen LogP contribution in [0.5, 0.6) is 5.75 Å². The van der Waals surface area contributed by atoms with Crippen LogP contribution in [0.15, 0.2) is 23.6 Å². The van der Waals surface area contributed by atoms with Gasteiger partial charge in [0.1, 0.15) is 17.4 Å². The molecule has 0 fully saturated rings. The molecule has 0 saturated heterocycles. The van der Waals surface area contributed by atoms with Crippen molar-refractivity contribution in [1.82, 2.24) is 0 Å². The predicted molar refractivity (Wildman–Crippen MR) is 68.0 cm³/mol. The maximum Gasteiger partial charge on any atom is 0.134 e. The molecule has 5 heteroatoms. The van der Waals surface area contributed by atoms with Gasteiger partial charge in [0.2, 0.25) is 0 Å². The molecule has 18 heavy (non-hydrogen) atoms. The molecule has 2 nitrogen and oxygen atoms in total. The van der Waals surface area contributed by atoms with Crippen LogP contribution in [0.4, 0.5) is 8.78 Å². The zero-order valence-corrected chi connectivity index (χ0v) is 10.9. The fourth-order valence-electron chi connectivity index (χ4n) is 1.71. The number of ether oxygens (including phenoxy) is 1. The minimum Gasteiger partial charge on any atom is -0.496 e. The molecule has 0 aliphatic rings. The molecular formula is C13H13F2NOS. The maximum atomic E-state index is 13.9. The molecule has 96 valence electrons. The van der Waals surface area contributed by atoms with E-state index in [2.05, 4.69) is 0 Å². The lowest BCUT2D eigenvalue weighted by Crippen LogP contribution is -2.15. The molecule has 1 aromatic heterocycles. The summed E-state index contributed by atoms with van der Waals surface area (Å²) in [5, 5.41) is 1.75. The van der Waals surface area contributed by atoms with E-state index in [0.29, 0.717) is 16.2 Å². The number of nitrogens with two attached hydrogens (primary N) is 1. The number of benzene rings is 1. The quantitative estimate of drug-likeness (QED) is 0.927. The lowest BCUT2D eigenvalue weighted by atomic mass is 10.0. The highest BCUT2D eigenvalue weighted by atomic mass is 32.1. The van der Waals surface area contributed by atoms with Gasteiger partial charge in [0.25, 0.3) is 0 Å². The van der Waals surface area contributed by atoms with Gasteiger partial charge in [-0.3, -0.25) is 0 Å². The van der Waals surface area contributed by atoms with Crippen molar-refractivity contribution >= 4 is 11.3 Å². The molecule has 0 aliphatic heterocycles. The van der Waals surface area contributed by atoms with Crippen molar-refractivity contribution in [3.05, 3.63) is 51.2 Å². The lowest BCUT2D eigenvalue weighted by molar-refractivity contribution is 0.416. The molecule has 0 amide bonds. The molecule has 1 heterocycles. The zero-order chi connectivity index (χ0) is 13.3. The van der Waals surface area contributed by atoms with Crippen LogP contribution in [0.1, 0.15) is 22.0 Å². The van der Waals surface area contributed by atoms with Crippen LogP contribution in [0.25, 0.3) is 0 Å². The van der Waals surface area contributed by atoms with Crippen LogP contribution >= 0.6 is 11.3 Å². The minimum atomic E-state index is -0.821. The molecule has 0 aliphatic carbocycles. The van der Waals surface area contributed by atoms with Gasteiger partial charge in [-0.25, -0.2) is 8.78 Å². The lowest BCUT2D eigenvalue weighted by Gasteiger charge is -2.13. The van der Waals surface area contributed by atoms with Crippen molar-refractivity contribution in [1.29, 1.82) is 0 Å². The molecule has 2 rings (SSSR count). The number of hydrogen-bond acceptors (Lipinski definition) is 3. The predicted octanol–water partition coefficient (Wildman–Crippen LogP) is 3.39. The van der Waals surface area contributed by atoms with Gasteiger partial charge in [-0.15, -0.1) is 11.3 Å². The third-order valence-corrected chi connectivity index (χ3v) is 3.76. The Morgan fingerprint density at radius 1 is 1.33 bits per heavy atom. The third kappa shape index (κ3) is 2.23. The molecule has 1 unspecified atom stereocenters. The molecule has 0 radical (unpaired) electrons. The number of halogens is 2. The van der Waals surface area contributed by atoms with Crippen LogP contribution < -0.4 is 10.5 Å². The standard InChI is InChI=1S/C13H13F2NOS/c1-7-3-4-9(14)11(12(7)15)13(16)10-5-8(17-2)6-18-10/h3-6,13H,16H2,1-2H3. The average molecular weight is 269 g/mol. The number of methoxy groups -OCH3 is 1. The molecule has 0 saturated carbocycles. The van der Waals surface area contributed by atoms with Crippen molar-refractivity contribution in [3.8, 4) is 5.75 Å². The summed E-state index contributed by atoms with van der Waals surface area (Å²) in [4.78, 5) is 0.662. The van der Waals surface area contributed by atoms with E-state index in [-0.39, 0.29) is 5.56 Å². The van der Waals surface area contributed by atoms with Crippen LogP contribution in [-0.4, -0.2) is 7.11 Å². The first-order valence-electron chi connectivity index (χ1n) is 5.37. The van der Waals surface area contributed by atoms with Crippen molar-refractivity contribution < 1.29 is 13.5 Å². The first-order chi connectivity index (χ1) is 8.54. The Morgan fingerprint density at radius 2 is 2.06 bits per heavy atom. The number of aryl methyl sites for hydroxylation is 1. The van der Waals surface area contributed by atoms with Gasteiger partial charge in [-0.2, -0.15) is 0 Å².